The van der Waals surface area contributed by atoms with Crippen molar-refractivity contribution >= 4 is 10.0 Å². The van der Waals surface area contributed by atoms with Gasteiger partial charge in [0, 0.05) is 13.1 Å². The average molecular weight is 311 g/mol. The third kappa shape index (κ3) is 3.22. The molecule has 9 heteroatoms. The summed E-state index contributed by atoms with van der Waals surface area (Å²) in [5.41, 5.74) is -1.06. The number of halogens is 3. The van der Waals surface area contributed by atoms with E-state index in [2.05, 4.69) is 4.74 Å². The number of rotatable bonds is 3. The predicted molar refractivity (Wildman–Crippen MR) is 62.5 cm³/mol. The van der Waals surface area contributed by atoms with Gasteiger partial charge in [0.15, 0.2) is 0 Å². The molecule has 1 saturated heterocycles. The molecule has 0 atom stereocenters. The minimum absolute atomic E-state index is 0.0455. The molecule has 1 heterocycles. The van der Waals surface area contributed by atoms with Gasteiger partial charge in [0.1, 0.15) is 5.75 Å². The fraction of sp³-hybridized carbons (Fsp3) is 0.455. The van der Waals surface area contributed by atoms with Crippen LogP contribution in [-0.2, 0) is 10.0 Å². The van der Waals surface area contributed by atoms with E-state index in [1.165, 1.54) is 6.92 Å². The largest absolute Gasteiger partial charge is 0.573 e. The first-order valence-electron chi connectivity index (χ1n) is 5.58. The van der Waals surface area contributed by atoms with Crippen LogP contribution in [0.25, 0.3) is 0 Å². The molecule has 0 unspecified atom stereocenters. The van der Waals surface area contributed by atoms with E-state index >= 15 is 0 Å². The molecule has 0 radical (unpaired) electrons. The van der Waals surface area contributed by atoms with Crippen molar-refractivity contribution in [2.24, 2.45) is 0 Å². The van der Waals surface area contributed by atoms with Gasteiger partial charge in [-0.15, -0.1) is 13.2 Å². The first kappa shape index (κ1) is 15.1. The number of hydrogen-bond acceptors (Lipinski definition) is 4. The number of sulfonamides is 1. The maximum absolute atomic E-state index is 12.1. The molecule has 1 N–H and O–H groups in total. The second-order valence-corrected chi connectivity index (χ2v) is 6.73. The Morgan fingerprint density at radius 2 is 1.75 bits per heavy atom. The minimum Gasteiger partial charge on any atom is -0.406 e. The Balaban J connectivity index is 2.14. The lowest BCUT2D eigenvalue weighted by Gasteiger charge is -2.42. The summed E-state index contributed by atoms with van der Waals surface area (Å²) < 4.78 is 64.7. The van der Waals surface area contributed by atoms with E-state index in [0.717, 1.165) is 28.6 Å². The topological polar surface area (TPSA) is 66.8 Å². The molecule has 0 bridgehead atoms. The van der Waals surface area contributed by atoms with Gasteiger partial charge in [0.25, 0.3) is 0 Å². The highest BCUT2D eigenvalue weighted by Gasteiger charge is 2.43. The van der Waals surface area contributed by atoms with Gasteiger partial charge in [-0.3, -0.25) is 0 Å². The van der Waals surface area contributed by atoms with Crippen molar-refractivity contribution in [3.05, 3.63) is 24.3 Å². The van der Waals surface area contributed by atoms with E-state index in [1.54, 1.807) is 0 Å². The molecule has 1 aliphatic heterocycles. The molecule has 0 amide bonds. The van der Waals surface area contributed by atoms with Gasteiger partial charge in [-0.1, -0.05) is 0 Å². The summed E-state index contributed by atoms with van der Waals surface area (Å²) in [4.78, 5) is -0.150. The zero-order chi connectivity index (χ0) is 15.2. The second-order valence-electron chi connectivity index (χ2n) is 4.79. The Hall–Kier alpha value is -1.32. The van der Waals surface area contributed by atoms with Crippen LogP contribution in [0.4, 0.5) is 13.2 Å². The molecule has 112 valence electrons. The maximum atomic E-state index is 12.1. The highest BCUT2D eigenvalue weighted by atomic mass is 32.2. The lowest BCUT2D eigenvalue weighted by Crippen LogP contribution is -2.61. The Morgan fingerprint density at radius 1 is 1.25 bits per heavy atom. The van der Waals surface area contributed by atoms with Crippen LogP contribution in [-0.4, -0.2) is 42.9 Å². The van der Waals surface area contributed by atoms with Crippen molar-refractivity contribution in [1.29, 1.82) is 0 Å². The third-order valence-electron chi connectivity index (χ3n) is 2.73. The third-order valence-corrected chi connectivity index (χ3v) is 4.53. The van der Waals surface area contributed by atoms with Gasteiger partial charge in [-0.2, -0.15) is 4.31 Å². The van der Waals surface area contributed by atoms with Crippen LogP contribution in [0, 0.1) is 0 Å². The van der Waals surface area contributed by atoms with Gasteiger partial charge in [0.2, 0.25) is 10.0 Å². The first-order valence-corrected chi connectivity index (χ1v) is 7.02. The number of β-amino-alcohol motifs (C(OH)–C–C–N with tert-alkyl or cyclic N) is 1. The second kappa shape index (κ2) is 4.61. The van der Waals surface area contributed by atoms with Gasteiger partial charge in [0.05, 0.1) is 10.5 Å². The predicted octanol–water partition coefficient (Wildman–Crippen LogP) is 1.34. The fourth-order valence-corrected chi connectivity index (χ4v) is 3.52. The van der Waals surface area contributed by atoms with Crippen molar-refractivity contribution in [2.75, 3.05) is 13.1 Å². The van der Waals surface area contributed by atoms with E-state index in [9.17, 15) is 26.7 Å². The summed E-state index contributed by atoms with van der Waals surface area (Å²) in [6.07, 6.45) is -4.82. The summed E-state index contributed by atoms with van der Waals surface area (Å²) >= 11 is 0. The monoisotopic (exact) mass is 311 g/mol. The van der Waals surface area contributed by atoms with Gasteiger partial charge >= 0.3 is 6.36 Å². The van der Waals surface area contributed by atoms with Gasteiger partial charge in [-0.25, -0.2) is 8.42 Å². The SMILES string of the molecule is CC1(O)CN(S(=O)(=O)c2ccc(OC(F)(F)F)cc2)C1. The normalized spacial score (nSPS) is 19.4. The van der Waals surface area contributed by atoms with Crippen molar-refractivity contribution in [1.82, 2.24) is 4.31 Å². The molecule has 1 fully saturated rings. The highest BCUT2D eigenvalue weighted by molar-refractivity contribution is 7.89. The summed E-state index contributed by atoms with van der Waals surface area (Å²) in [6, 6.07) is 3.92. The van der Waals surface area contributed by atoms with E-state index in [4.69, 9.17) is 0 Å². The zero-order valence-electron chi connectivity index (χ0n) is 10.4. The Bertz CT molecular complexity index is 587. The smallest absolute Gasteiger partial charge is 0.406 e. The van der Waals surface area contributed by atoms with Crippen LogP contribution in [0.3, 0.4) is 0 Å². The maximum Gasteiger partial charge on any atom is 0.573 e. The molecule has 5 nitrogen and oxygen atoms in total. The molecular weight excluding hydrogens is 299 g/mol. The van der Waals surface area contributed by atoms with Crippen LogP contribution < -0.4 is 4.74 Å². The lowest BCUT2D eigenvalue weighted by atomic mass is 10.0. The molecule has 1 aromatic rings. The number of hydrogen-bond donors (Lipinski definition) is 1. The molecule has 20 heavy (non-hydrogen) atoms. The Morgan fingerprint density at radius 3 is 2.15 bits per heavy atom. The fourth-order valence-electron chi connectivity index (χ4n) is 1.85. The summed E-state index contributed by atoms with van der Waals surface area (Å²) in [5, 5.41) is 9.51. The van der Waals surface area contributed by atoms with E-state index < -0.39 is 27.7 Å². The summed E-state index contributed by atoms with van der Waals surface area (Å²) in [7, 11) is -3.80. The number of aliphatic hydroxyl groups is 1. The van der Waals surface area contributed by atoms with Crippen molar-refractivity contribution in [2.45, 2.75) is 23.8 Å². The zero-order valence-corrected chi connectivity index (χ0v) is 11.2. The minimum atomic E-state index is -4.82. The van der Waals surface area contributed by atoms with E-state index in [1.807, 2.05) is 0 Å². The molecular formula is C11H12F3NO4S. The first-order chi connectivity index (χ1) is 9.00. The molecule has 1 aliphatic rings. The van der Waals surface area contributed by atoms with Crippen LogP contribution in [0.1, 0.15) is 6.92 Å². The molecule has 0 spiro atoms. The summed E-state index contributed by atoms with van der Waals surface area (Å²) in [5.74, 6) is -0.493. The standard InChI is InChI=1S/C11H12F3NO4S/c1-10(16)6-15(7-10)20(17,18)9-4-2-8(3-5-9)19-11(12,13)14/h2-5,16H,6-7H2,1H3. The molecule has 2 rings (SSSR count). The van der Waals surface area contributed by atoms with Gasteiger partial charge < -0.3 is 9.84 Å². The highest BCUT2D eigenvalue weighted by Crippen LogP contribution is 2.29. The van der Waals surface area contributed by atoms with Crippen LogP contribution in [0.15, 0.2) is 29.2 Å². The van der Waals surface area contributed by atoms with Crippen molar-refractivity contribution < 1.29 is 31.4 Å². The number of ether oxygens (including phenoxy) is 1. The van der Waals surface area contributed by atoms with Gasteiger partial charge in [-0.05, 0) is 31.2 Å². The van der Waals surface area contributed by atoms with Crippen LogP contribution in [0.5, 0.6) is 5.75 Å². The number of benzene rings is 1. The quantitative estimate of drug-likeness (QED) is 0.915. The molecule has 1 aromatic carbocycles. The van der Waals surface area contributed by atoms with E-state index in [-0.39, 0.29) is 18.0 Å². The Labute approximate surface area is 113 Å². The molecule has 0 aliphatic carbocycles. The van der Waals surface area contributed by atoms with Crippen molar-refractivity contribution in [3.8, 4) is 5.75 Å². The number of alkyl halides is 3. The lowest BCUT2D eigenvalue weighted by molar-refractivity contribution is -0.274. The number of nitrogens with zero attached hydrogens (tertiary/aromatic N) is 1. The summed E-state index contributed by atoms with van der Waals surface area (Å²) in [6.45, 7) is 1.41. The molecule has 0 aromatic heterocycles. The average Bonchev–Trinajstić information content (AvgIpc) is 2.24. The van der Waals surface area contributed by atoms with Crippen LogP contribution >= 0.6 is 0 Å². The Kier molecular flexibility index (Phi) is 3.47. The van der Waals surface area contributed by atoms with E-state index in [0.29, 0.717) is 0 Å². The molecule has 0 saturated carbocycles. The van der Waals surface area contributed by atoms with Crippen molar-refractivity contribution in [3.63, 3.8) is 0 Å². The van der Waals surface area contributed by atoms with Crippen LogP contribution in [0.2, 0.25) is 0 Å².